The summed E-state index contributed by atoms with van der Waals surface area (Å²) in [4.78, 5) is 11.1. The predicted octanol–water partition coefficient (Wildman–Crippen LogP) is 1.35. The van der Waals surface area contributed by atoms with E-state index in [9.17, 15) is 4.79 Å². The summed E-state index contributed by atoms with van der Waals surface area (Å²) in [5, 5.41) is 8.02. The van der Waals surface area contributed by atoms with Crippen LogP contribution in [0.15, 0.2) is 6.07 Å². The fourth-order valence-corrected chi connectivity index (χ4v) is 2.85. The Hall–Kier alpha value is -1.36. The third-order valence-corrected chi connectivity index (χ3v) is 3.99. The lowest BCUT2D eigenvalue weighted by Gasteiger charge is -2.27. The molecule has 1 aromatic rings. The van der Waals surface area contributed by atoms with E-state index in [1.807, 2.05) is 11.6 Å². The van der Waals surface area contributed by atoms with Crippen molar-refractivity contribution in [3.8, 4) is 0 Å². The maximum absolute atomic E-state index is 11.1. The molecule has 1 heterocycles. The maximum atomic E-state index is 11.1. The van der Waals surface area contributed by atoms with Crippen molar-refractivity contribution in [1.29, 1.82) is 0 Å². The van der Waals surface area contributed by atoms with Crippen molar-refractivity contribution in [2.75, 3.05) is 0 Å². The van der Waals surface area contributed by atoms with Gasteiger partial charge in [-0.3, -0.25) is 9.48 Å². The number of primary amides is 1. The monoisotopic (exact) mass is 264 g/mol. The fraction of sp³-hybridized carbons (Fsp3) is 0.714. The van der Waals surface area contributed by atoms with Crippen LogP contribution in [0.4, 0.5) is 0 Å². The lowest BCUT2D eigenvalue weighted by molar-refractivity contribution is -0.122. The predicted molar refractivity (Wildman–Crippen MR) is 74.4 cm³/mol. The second kappa shape index (κ2) is 6.19. The zero-order chi connectivity index (χ0) is 13.8. The Morgan fingerprint density at radius 3 is 2.74 bits per heavy atom. The molecule has 2 rings (SSSR count). The van der Waals surface area contributed by atoms with Gasteiger partial charge < -0.3 is 11.1 Å². The molecular formula is C14H24N4O. The molecule has 19 heavy (non-hydrogen) atoms. The van der Waals surface area contributed by atoms with E-state index in [0.717, 1.165) is 44.5 Å². The molecule has 5 heteroatoms. The lowest BCUT2D eigenvalue weighted by Crippen LogP contribution is -2.36. The number of amides is 1. The smallest absolute Gasteiger partial charge is 0.220 e. The molecule has 0 saturated heterocycles. The van der Waals surface area contributed by atoms with Crippen molar-refractivity contribution in [3.05, 3.63) is 17.5 Å². The third kappa shape index (κ3) is 3.56. The molecular weight excluding hydrogens is 240 g/mol. The molecule has 5 nitrogen and oxygen atoms in total. The van der Waals surface area contributed by atoms with Crippen LogP contribution in [0.1, 0.15) is 44.0 Å². The van der Waals surface area contributed by atoms with E-state index in [0.29, 0.717) is 6.04 Å². The molecule has 0 aromatic carbocycles. The highest BCUT2D eigenvalue weighted by molar-refractivity contribution is 5.76. The molecule has 0 bridgehead atoms. The summed E-state index contributed by atoms with van der Waals surface area (Å²) < 4.78 is 2.04. The van der Waals surface area contributed by atoms with E-state index in [2.05, 4.69) is 23.4 Å². The van der Waals surface area contributed by atoms with Gasteiger partial charge in [0.25, 0.3) is 0 Å². The Balaban J connectivity index is 1.82. The largest absolute Gasteiger partial charge is 0.369 e. The fourth-order valence-electron chi connectivity index (χ4n) is 2.85. The molecule has 1 saturated carbocycles. The summed E-state index contributed by atoms with van der Waals surface area (Å²) >= 11 is 0. The third-order valence-electron chi connectivity index (χ3n) is 3.99. The van der Waals surface area contributed by atoms with Crippen LogP contribution in [0.5, 0.6) is 0 Å². The van der Waals surface area contributed by atoms with Crippen LogP contribution < -0.4 is 11.1 Å². The average Bonchev–Trinajstić information content (AvgIpc) is 2.77. The van der Waals surface area contributed by atoms with E-state index in [1.54, 1.807) is 0 Å². The minimum Gasteiger partial charge on any atom is -0.369 e. The summed E-state index contributed by atoms with van der Waals surface area (Å²) in [6.07, 6.45) is 3.90. The maximum Gasteiger partial charge on any atom is 0.220 e. The molecule has 1 fully saturated rings. The second-order valence-electron chi connectivity index (χ2n) is 5.42. The minimum atomic E-state index is -0.141. The first kappa shape index (κ1) is 14.1. The Kier molecular flexibility index (Phi) is 4.58. The summed E-state index contributed by atoms with van der Waals surface area (Å²) in [6, 6.07) is 2.63. The molecule has 1 aliphatic rings. The molecule has 0 radical (unpaired) electrons. The Morgan fingerprint density at radius 2 is 2.16 bits per heavy atom. The normalized spacial score (nSPS) is 23.5. The SMILES string of the molecule is CCn1nc(C)cc1CNC1CCC(C(N)=O)CC1. The highest BCUT2D eigenvalue weighted by Gasteiger charge is 2.24. The number of nitrogens with two attached hydrogens (primary N) is 1. The van der Waals surface area contributed by atoms with Gasteiger partial charge in [0.05, 0.1) is 11.4 Å². The number of nitrogens with zero attached hydrogens (tertiary/aromatic N) is 2. The van der Waals surface area contributed by atoms with Crippen LogP contribution in [0.3, 0.4) is 0 Å². The Labute approximate surface area is 114 Å². The summed E-state index contributed by atoms with van der Waals surface area (Å²) in [6.45, 7) is 5.88. The van der Waals surface area contributed by atoms with Gasteiger partial charge in [-0.2, -0.15) is 5.10 Å². The molecule has 0 spiro atoms. The number of rotatable bonds is 5. The second-order valence-corrected chi connectivity index (χ2v) is 5.42. The molecule has 1 aromatic heterocycles. The van der Waals surface area contributed by atoms with Crippen molar-refractivity contribution in [2.45, 2.75) is 58.7 Å². The van der Waals surface area contributed by atoms with Gasteiger partial charge in [-0.05, 0) is 45.6 Å². The van der Waals surface area contributed by atoms with Crippen molar-refractivity contribution >= 4 is 5.91 Å². The van der Waals surface area contributed by atoms with Crippen LogP contribution in [0.2, 0.25) is 0 Å². The first-order chi connectivity index (χ1) is 9.10. The van der Waals surface area contributed by atoms with Crippen molar-refractivity contribution in [3.63, 3.8) is 0 Å². The molecule has 0 unspecified atom stereocenters. The first-order valence-corrected chi connectivity index (χ1v) is 7.16. The van der Waals surface area contributed by atoms with Crippen molar-refractivity contribution in [2.24, 2.45) is 11.7 Å². The van der Waals surface area contributed by atoms with Gasteiger partial charge in [-0.1, -0.05) is 0 Å². The van der Waals surface area contributed by atoms with Crippen LogP contribution in [0, 0.1) is 12.8 Å². The number of hydrogen-bond donors (Lipinski definition) is 2. The summed E-state index contributed by atoms with van der Waals surface area (Å²) in [5.41, 5.74) is 7.65. The molecule has 0 aliphatic heterocycles. The number of aryl methyl sites for hydroxylation is 2. The zero-order valence-electron chi connectivity index (χ0n) is 11.9. The van der Waals surface area contributed by atoms with Crippen molar-refractivity contribution < 1.29 is 4.79 Å². The van der Waals surface area contributed by atoms with Crippen LogP contribution >= 0.6 is 0 Å². The van der Waals surface area contributed by atoms with E-state index < -0.39 is 0 Å². The van der Waals surface area contributed by atoms with Gasteiger partial charge in [0.1, 0.15) is 0 Å². The molecule has 106 valence electrons. The number of carbonyl (C=O) groups excluding carboxylic acids is 1. The molecule has 1 amide bonds. The van der Waals surface area contributed by atoms with E-state index in [1.165, 1.54) is 5.69 Å². The van der Waals surface area contributed by atoms with Gasteiger partial charge in [0.2, 0.25) is 5.91 Å². The highest BCUT2D eigenvalue weighted by Crippen LogP contribution is 2.24. The lowest BCUT2D eigenvalue weighted by atomic mass is 9.85. The van der Waals surface area contributed by atoms with Gasteiger partial charge in [-0.25, -0.2) is 0 Å². The molecule has 0 atom stereocenters. The highest BCUT2D eigenvalue weighted by atomic mass is 16.1. The van der Waals surface area contributed by atoms with E-state index in [-0.39, 0.29) is 11.8 Å². The van der Waals surface area contributed by atoms with Gasteiger partial charge in [0.15, 0.2) is 0 Å². The van der Waals surface area contributed by atoms with Crippen molar-refractivity contribution in [1.82, 2.24) is 15.1 Å². The number of nitrogens with one attached hydrogen (secondary N) is 1. The van der Waals surface area contributed by atoms with Crippen LogP contribution in [-0.4, -0.2) is 21.7 Å². The summed E-state index contributed by atoms with van der Waals surface area (Å²) in [7, 11) is 0. The quantitative estimate of drug-likeness (QED) is 0.843. The van der Waals surface area contributed by atoms with Gasteiger partial charge >= 0.3 is 0 Å². The van der Waals surface area contributed by atoms with Gasteiger partial charge in [-0.15, -0.1) is 0 Å². The topological polar surface area (TPSA) is 72.9 Å². The first-order valence-electron chi connectivity index (χ1n) is 7.16. The van der Waals surface area contributed by atoms with Gasteiger partial charge in [0, 0.05) is 25.0 Å². The zero-order valence-corrected chi connectivity index (χ0v) is 11.9. The molecule has 1 aliphatic carbocycles. The number of hydrogen-bond acceptors (Lipinski definition) is 3. The molecule has 3 N–H and O–H groups in total. The standard InChI is InChI=1S/C14H24N4O/c1-3-18-13(8-10(2)17-18)9-16-12-6-4-11(5-7-12)14(15)19/h8,11-12,16H,3-7,9H2,1-2H3,(H2,15,19). The Bertz CT molecular complexity index is 433. The number of carbonyl (C=O) groups is 1. The number of aromatic nitrogens is 2. The average molecular weight is 264 g/mol. The summed E-state index contributed by atoms with van der Waals surface area (Å²) in [5.74, 6) is -0.0559. The van der Waals surface area contributed by atoms with Crippen LogP contribution in [-0.2, 0) is 17.9 Å². The minimum absolute atomic E-state index is 0.0847. The van der Waals surface area contributed by atoms with E-state index in [4.69, 9.17) is 5.73 Å². The van der Waals surface area contributed by atoms with E-state index >= 15 is 0 Å². The van der Waals surface area contributed by atoms with Crippen LogP contribution in [0.25, 0.3) is 0 Å². The Morgan fingerprint density at radius 1 is 1.47 bits per heavy atom.